The van der Waals surface area contributed by atoms with Gasteiger partial charge >= 0.3 is 12.0 Å². The van der Waals surface area contributed by atoms with Crippen LogP contribution in [0.2, 0.25) is 0 Å². The normalized spacial score (nSPS) is 11.7. The number of ether oxygens (including phenoxy) is 2. The summed E-state index contributed by atoms with van der Waals surface area (Å²) in [5.74, 6) is 0.107. The van der Waals surface area contributed by atoms with E-state index in [9.17, 15) is 9.59 Å². The van der Waals surface area contributed by atoms with Crippen molar-refractivity contribution in [3.8, 4) is 0 Å². The first-order valence-electron chi connectivity index (χ1n) is 16.0. The summed E-state index contributed by atoms with van der Waals surface area (Å²) in [6.07, 6.45) is 6.27. The highest BCUT2D eigenvalue weighted by Crippen LogP contribution is 2.18. The van der Waals surface area contributed by atoms with Crippen molar-refractivity contribution in [2.45, 2.75) is 91.3 Å². The zero-order chi connectivity index (χ0) is 30.9. The van der Waals surface area contributed by atoms with Gasteiger partial charge in [-0.05, 0) is 60.1 Å². The maximum absolute atomic E-state index is 13.3. The lowest BCUT2D eigenvalue weighted by Crippen LogP contribution is -2.37. The molecule has 0 saturated carbocycles. The Labute approximate surface area is 258 Å². The molecule has 1 N–H and O–H groups in total. The third kappa shape index (κ3) is 12.2. The summed E-state index contributed by atoms with van der Waals surface area (Å²) in [5, 5.41) is 3.10. The molecule has 0 heterocycles. The van der Waals surface area contributed by atoms with Gasteiger partial charge in [-0.2, -0.15) is 0 Å². The molecule has 232 valence electrons. The lowest BCUT2D eigenvalue weighted by Gasteiger charge is -2.23. The van der Waals surface area contributed by atoms with Gasteiger partial charge in [0.15, 0.2) is 6.10 Å². The number of hydrogen-bond acceptors (Lipinski definition) is 4. The van der Waals surface area contributed by atoms with Gasteiger partial charge in [0.2, 0.25) is 0 Å². The monoisotopic (exact) mass is 586 g/mol. The first-order valence-corrected chi connectivity index (χ1v) is 16.0. The van der Waals surface area contributed by atoms with Crippen LogP contribution in [0.25, 0.3) is 0 Å². The third-order valence-corrected chi connectivity index (χ3v) is 7.61. The van der Waals surface area contributed by atoms with Crippen molar-refractivity contribution < 1.29 is 19.1 Å². The van der Waals surface area contributed by atoms with Crippen molar-refractivity contribution in [1.82, 2.24) is 4.90 Å². The van der Waals surface area contributed by atoms with Crippen LogP contribution in [0.1, 0.15) is 88.0 Å². The quantitative estimate of drug-likeness (QED) is 0.120. The summed E-state index contributed by atoms with van der Waals surface area (Å²) in [5.41, 5.74) is 5.24. The average molecular weight is 587 g/mol. The predicted octanol–water partition coefficient (Wildman–Crippen LogP) is 8.55. The number of hydrogen-bond donors (Lipinski definition) is 1. The Bertz CT molecular complexity index is 1210. The number of rotatable bonds is 18. The Morgan fingerprint density at radius 1 is 0.767 bits per heavy atom. The number of carbonyl (C=O) groups is 2. The molecule has 0 spiro atoms. The van der Waals surface area contributed by atoms with Crippen LogP contribution in [-0.4, -0.2) is 42.7 Å². The Morgan fingerprint density at radius 3 is 2.09 bits per heavy atom. The van der Waals surface area contributed by atoms with Gasteiger partial charge in [0.1, 0.15) is 0 Å². The Kier molecular flexibility index (Phi) is 14.8. The van der Waals surface area contributed by atoms with Crippen molar-refractivity contribution in [2.24, 2.45) is 0 Å². The smallest absolute Gasteiger partial charge is 0.335 e. The maximum Gasteiger partial charge on any atom is 0.335 e. The molecule has 3 aromatic rings. The number of urea groups is 1. The predicted molar refractivity (Wildman–Crippen MR) is 175 cm³/mol. The van der Waals surface area contributed by atoms with E-state index in [2.05, 4.69) is 50.4 Å². The zero-order valence-corrected chi connectivity index (χ0v) is 26.5. The van der Waals surface area contributed by atoms with Gasteiger partial charge in [-0.25, -0.2) is 9.59 Å². The van der Waals surface area contributed by atoms with Crippen LogP contribution in [0, 0.1) is 0 Å². The van der Waals surface area contributed by atoms with E-state index in [1.54, 1.807) is 6.92 Å². The molecule has 3 aromatic carbocycles. The number of benzene rings is 3. The van der Waals surface area contributed by atoms with Gasteiger partial charge in [0.25, 0.3) is 0 Å². The molecule has 0 saturated heterocycles. The van der Waals surface area contributed by atoms with Crippen LogP contribution in [0.3, 0.4) is 0 Å². The van der Waals surface area contributed by atoms with Crippen LogP contribution >= 0.6 is 0 Å². The third-order valence-electron chi connectivity index (χ3n) is 7.61. The minimum Gasteiger partial charge on any atom is -0.464 e. The van der Waals surface area contributed by atoms with Crippen LogP contribution in [0.4, 0.5) is 10.5 Å². The minimum atomic E-state index is -0.674. The Hall–Kier alpha value is -3.64. The Morgan fingerprint density at radius 2 is 1.44 bits per heavy atom. The van der Waals surface area contributed by atoms with Gasteiger partial charge in [-0.1, -0.05) is 113 Å². The van der Waals surface area contributed by atoms with Crippen molar-refractivity contribution in [3.63, 3.8) is 0 Å². The van der Waals surface area contributed by atoms with Crippen LogP contribution in [0.15, 0.2) is 78.9 Å². The standard InChI is InChI=1S/C37H50N2O4/c1-5-7-8-9-13-25-39(37(41)38-34-22-20-33(21-23-34)29(3)4)26-24-30-16-18-31(19-17-30)27-35(36(40)42-6-2)43-28-32-14-11-10-12-15-32/h10-12,14-23,29,35H,5-9,13,24-28H2,1-4H3,(H,38,41). The first-order chi connectivity index (χ1) is 20.9. The number of nitrogens with one attached hydrogen (secondary N) is 1. The summed E-state index contributed by atoms with van der Waals surface area (Å²) in [7, 11) is 0. The molecule has 2 amide bonds. The van der Waals surface area contributed by atoms with E-state index in [0.29, 0.717) is 32.1 Å². The molecule has 0 aliphatic carbocycles. The second-order valence-electron chi connectivity index (χ2n) is 11.4. The fourth-order valence-corrected chi connectivity index (χ4v) is 4.91. The van der Waals surface area contributed by atoms with Gasteiger partial charge < -0.3 is 19.7 Å². The maximum atomic E-state index is 13.3. The minimum absolute atomic E-state index is 0.0581. The van der Waals surface area contributed by atoms with E-state index in [1.165, 1.54) is 24.8 Å². The molecule has 1 unspecified atom stereocenters. The SMILES string of the molecule is CCCCCCCN(CCc1ccc(CC(OCc2ccccc2)C(=O)OCC)cc1)C(=O)Nc1ccc(C(C)C)cc1. The largest absolute Gasteiger partial charge is 0.464 e. The van der Waals surface area contributed by atoms with Crippen LogP contribution < -0.4 is 5.32 Å². The van der Waals surface area contributed by atoms with Gasteiger partial charge in [-0.3, -0.25) is 0 Å². The zero-order valence-electron chi connectivity index (χ0n) is 26.5. The second-order valence-corrected chi connectivity index (χ2v) is 11.4. The molecule has 1 atom stereocenters. The molecule has 43 heavy (non-hydrogen) atoms. The molecular formula is C37H50N2O4. The van der Waals surface area contributed by atoms with Crippen molar-refractivity contribution in [3.05, 3.63) is 101 Å². The molecule has 0 fully saturated rings. The number of unbranched alkanes of at least 4 members (excludes halogenated alkanes) is 4. The lowest BCUT2D eigenvalue weighted by atomic mass is 10.0. The van der Waals surface area contributed by atoms with Crippen molar-refractivity contribution >= 4 is 17.7 Å². The van der Waals surface area contributed by atoms with E-state index in [-0.39, 0.29) is 12.0 Å². The van der Waals surface area contributed by atoms with Crippen LogP contribution in [-0.2, 0) is 33.7 Å². The number of nitrogens with zero attached hydrogens (tertiary/aromatic N) is 1. The van der Waals surface area contributed by atoms with Crippen molar-refractivity contribution in [2.75, 3.05) is 25.0 Å². The molecule has 6 nitrogen and oxygen atoms in total. The first kappa shape index (κ1) is 33.9. The van der Waals surface area contributed by atoms with E-state index < -0.39 is 6.10 Å². The summed E-state index contributed by atoms with van der Waals surface area (Å²) in [6.45, 7) is 10.4. The number of carbonyl (C=O) groups excluding carboxylic acids is 2. The molecular weight excluding hydrogens is 536 g/mol. The molecule has 6 heteroatoms. The van der Waals surface area contributed by atoms with E-state index in [4.69, 9.17) is 9.47 Å². The molecule has 0 aromatic heterocycles. The highest BCUT2D eigenvalue weighted by molar-refractivity contribution is 5.89. The van der Waals surface area contributed by atoms with E-state index in [1.807, 2.05) is 59.5 Å². The molecule has 0 bridgehead atoms. The summed E-state index contributed by atoms with van der Waals surface area (Å²) < 4.78 is 11.3. The summed E-state index contributed by atoms with van der Waals surface area (Å²) in [4.78, 5) is 27.8. The summed E-state index contributed by atoms with van der Waals surface area (Å²) >= 11 is 0. The van der Waals surface area contributed by atoms with Crippen molar-refractivity contribution in [1.29, 1.82) is 0 Å². The number of amides is 2. The number of anilines is 1. The fourth-order valence-electron chi connectivity index (χ4n) is 4.91. The molecule has 0 aliphatic rings. The highest BCUT2D eigenvalue weighted by Gasteiger charge is 2.21. The Balaban J connectivity index is 1.59. The lowest BCUT2D eigenvalue weighted by molar-refractivity contribution is -0.157. The topological polar surface area (TPSA) is 67.9 Å². The average Bonchev–Trinajstić information content (AvgIpc) is 3.02. The van der Waals surface area contributed by atoms with E-state index in [0.717, 1.165) is 48.2 Å². The second kappa shape index (κ2) is 18.8. The molecule has 0 aliphatic heterocycles. The number of esters is 1. The fraction of sp³-hybridized carbons (Fsp3) is 0.459. The molecule has 0 radical (unpaired) electrons. The van der Waals surface area contributed by atoms with Crippen LogP contribution in [0.5, 0.6) is 0 Å². The molecule has 3 rings (SSSR count). The van der Waals surface area contributed by atoms with Gasteiger partial charge in [-0.15, -0.1) is 0 Å². The summed E-state index contributed by atoms with van der Waals surface area (Å²) in [6, 6.07) is 26.1. The van der Waals surface area contributed by atoms with Gasteiger partial charge in [0.05, 0.1) is 13.2 Å². The van der Waals surface area contributed by atoms with E-state index >= 15 is 0 Å². The highest BCUT2D eigenvalue weighted by atomic mass is 16.6. The van der Waals surface area contributed by atoms with Gasteiger partial charge in [0, 0.05) is 25.2 Å².